The van der Waals surface area contributed by atoms with Gasteiger partial charge in [-0.3, -0.25) is 0 Å². The van der Waals surface area contributed by atoms with Gasteiger partial charge in [-0.25, -0.2) is 4.39 Å². The van der Waals surface area contributed by atoms with E-state index in [-0.39, 0.29) is 5.82 Å². The van der Waals surface area contributed by atoms with Crippen LogP contribution in [-0.2, 0) is 6.54 Å². The smallest absolute Gasteiger partial charge is 0.124 e. The van der Waals surface area contributed by atoms with Crippen LogP contribution < -0.4 is 5.32 Å². The van der Waals surface area contributed by atoms with Crippen LogP contribution in [0.5, 0.6) is 0 Å². The van der Waals surface area contributed by atoms with Crippen LogP contribution in [0.25, 0.3) is 0 Å². The zero-order valence-electron chi connectivity index (χ0n) is 9.56. The van der Waals surface area contributed by atoms with Gasteiger partial charge in [0.1, 0.15) is 5.82 Å². The van der Waals surface area contributed by atoms with Crippen molar-refractivity contribution in [2.24, 2.45) is 5.92 Å². The lowest BCUT2D eigenvalue weighted by atomic mass is 10.1. The molecule has 0 amide bonds. The Balaban J connectivity index is 1.81. The minimum atomic E-state index is -0.211. The molecule has 1 aromatic carbocycles. The quantitative estimate of drug-likeness (QED) is 0.824. The van der Waals surface area contributed by atoms with Gasteiger partial charge in [-0.05, 0) is 43.0 Å². The maximum atomic E-state index is 12.9. The number of halogens is 3. The number of nitrogens with one attached hydrogen (secondary N) is 1. The van der Waals surface area contributed by atoms with Gasteiger partial charge < -0.3 is 5.32 Å². The second kappa shape index (κ2) is 6.17. The lowest BCUT2D eigenvalue weighted by Gasteiger charge is -2.14. The molecule has 0 radical (unpaired) electrons. The van der Waals surface area contributed by atoms with Crippen molar-refractivity contribution in [3.8, 4) is 0 Å². The number of hydrogen-bond acceptors (Lipinski definition) is 1. The highest BCUT2D eigenvalue weighted by molar-refractivity contribution is 9.10. The fourth-order valence-corrected chi connectivity index (χ4v) is 3.14. The minimum Gasteiger partial charge on any atom is -0.312 e. The van der Waals surface area contributed by atoms with Crippen LogP contribution in [0.3, 0.4) is 0 Å². The van der Waals surface area contributed by atoms with Crippen LogP contribution in [0, 0.1) is 11.7 Å². The van der Waals surface area contributed by atoms with E-state index >= 15 is 0 Å². The molecule has 0 aromatic heterocycles. The van der Waals surface area contributed by atoms with Gasteiger partial charge in [0.2, 0.25) is 0 Å². The van der Waals surface area contributed by atoms with Gasteiger partial charge in [-0.15, -0.1) is 11.6 Å². The van der Waals surface area contributed by atoms with E-state index in [2.05, 4.69) is 21.2 Å². The molecule has 2 atom stereocenters. The summed E-state index contributed by atoms with van der Waals surface area (Å²) in [5.74, 6) is 0.369. The Morgan fingerprint density at radius 1 is 1.41 bits per heavy atom. The summed E-state index contributed by atoms with van der Waals surface area (Å²) in [4.78, 5) is 0. The molecule has 1 fully saturated rings. The molecule has 0 bridgehead atoms. The molecule has 1 nitrogen and oxygen atoms in total. The lowest BCUT2D eigenvalue weighted by Crippen LogP contribution is -2.25. The topological polar surface area (TPSA) is 12.0 Å². The molecule has 1 aliphatic rings. The predicted molar refractivity (Wildman–Crippen MR) is 72.8 cm³/mol. The summed E-state index contributed by atoms with van der Waals surface area (Å²) in [6, 6.07) is 4.79. The van der Waals surface area contributed by atoms with Crippen LogP contribution in [0.15, 0.2) is 22.7 Å². The Labute approximate surface area is 115 Å². The van der Waals surface area contributed by atoms with Crippen molar-refractivity contribution in [2.45, 2.75) is 31.2 Å². The molecule has 0 saturated heterocycles. The van der Waals surface area contributed by atoms with Crippen LogP contribution in [0.2, 0.25) is 0 Å². The summed E-state index contributed by atoms with van der Waals surface area (Å²) >= 11 is 9.58. The van der Waals surface area contributed by atoms with Gasteiger partial charge in [0, 0.05) is 16.4 Å². The fourth-order valence-electron chi connectivity index (χ4n) is 2.28. The summed E-state index contributed by atoms with van der Waals surface area (Å²) < 4.78 is 13.7. The van der Waals surface area contributed by atoms with Crippen LogP contribution in [0.1, 0.15) is 24.8 Å². The molecule has 2 rings (SSSR count). The van der Waals surface area contributed by atoms with Crippen LogP contribution in [0.4, 0.5) is 4.39 Å². The first-order valence-electron chi connectivity index (χ1n) is 5.95. The number of alkyl halides is 1. The van der Waals surface area contributed by atoms with Gasteiger partial charge in [-0.1, -0.05) is 28.4 Å². The number of hydrogen-bond donors (Lipinski definition) is 1. The van der Waals surface area contributed by atoms with Gasteiger partial charge in [0.05, 0.1) is 0 Å². The molecular formula is C13H16BrClFN. The van der Waals surface area contributed by atoms with E-state index in [0.717, 1.165) is 29.5 Å². The molecule has 1 N–H and O–H groups in total. The monoisotopic (exact) mass is 319 g/mol. The van der Waals surface area contributed by atoms with Crippen LogP contribution >= 0.6 is 27.5 Å². The molecule has 0 heterocycles. The highest BCUT2D eigenvalue weighted by Gasteiger charge is 2.24. The largest absolute Gasteiger partial charge is 0.312 e. The molecule has 0 spiro atoms. The summed E-state index contributed by atoms with van der Waals surface area (Å²) in [5.41, 5.74) is 1.08. The molecule has 0 aliphatic heterocycles. The Hall–Kier alpha value is -0.120. The van der Waals surface area contributed by atoms with Crippen molar-refractivity contribution in [1.29, 1.82) is 0 Å². The lowest BCUT2D eigenvalue weighted by molar-refractivity contribution is 0.493. The van der Waals surface area contributed by atoms with E-state index in [1.807, 2.05) is 0 Å². The van der Waals surface area contributed by atoms with Crippen molar-refractivity contribution in [3.63, 3.8) is 0 Å². The third-order valence-electron chi connectivity index (χ3n) is 3.30. The standard InChI is InChI=1S/C13H16BrClFN/c14-12-6-11(16)5-4-9(12)7-17-8-10-2-1-3-13(10)15/h4-6,10,13,17H,1-3,7-8H2. The first kappa shape index (κ1) is 13.3. The maximum Gasteiger partial charge on any atom is 0.124 e. The van der Waals surface area contributed by atoms with E-state index in [1.54, 1.807) is 6.07 Å². The summed E-state index contributed by atoms with van der Waals surface area (Å²) in [7, 11) is 0. The maximum absolute atomic E-state index is 12.9. The van der Waals surface area contributed by atoms with E-state index in [0.29, 0.717) is 11.3 Å². The fraction of sp³-hybridized carbons (Fsp3) is 0.538. The van der Waals surface area contributed by atoms with Gasteiger partial charge in [-0.2, -0.15) is 0 Å². The van der Waals surface area contributed by atoms with Crippen molar-refractivity contribution in [2.75, 3.05) is 6.54 Å². The first-order valence-corrected chi connectivity index (χ1v) is 7.18. The van der Waals surface area contributed by atoms with Gasteiger partial charge in [0.25, 0.3) is 0 Å². The SMILES string of the molecule is Fc1ccc(CNCC2CCCC2Cl)c(Br)c1. The summed E-state index contributed by atoms with van der Waals surface area (Å²) in [6.07, 6.45) is 3.58. The van der Waals surface area contributed by atoms with Gasteiger partial charge in [0.15, 0.2) is 0 Å². The average molecular weight is 321 g/mol. The van der Waals surface area contributed by atoms with Crippen molar-refractivity contribution < 1.29 is 4.39 Å². The third-order valence-corrected chi connectivity index (χ3v) is 4.62. The van der Waals surface area contributed by atoms with E-state index in [1.165, 1.54) is 25.0 Å². The summed E-state index contributed by atoms with van der Waals surface area (Å²) in [6.45, 7) is 1.69. The second-order valence-corrected chi connectivity index (χ2v) is 5.99. The molecule has 1 aliphatic carbocycles. The average Bonchev–Trinajstić information content (AvgIpc) is 2.68. The highest BCUT2D eigenvalue weighted by Crippen LogP contribution is 2.29. The Morgan fingerprint density at radius 2 is 2.24 bits per heavy atom. The second-order valence-electron chi connectivity index (χ2n) is 4.57. The molecule has 94 valence electrons. The molecule has 2 unspecified atom stereocenters. The third kappa shape index (κ3) is 3.67. The zero-order chi connectivity index (χ0) is 12.3. The number of rotatable bonds is 4. The Bertz CT molecular complexity index is 386. The summed E-state index contributed by atoms with van der Waals surface area (Å²) in [5, 5.41) is 3.72. The molecule has 1 aromatic rings. The molecular weight excluding hydrogens is 305 g/mol. The van der Waals surface area contributed by atoms with Gasteiger partial charge >= 0.3 is 0 Å². The predicted octanol–water partition coefficient (Wildman–Crippen LogP) is 4.09. The molecule has 4 heteroatoms. The zero-order valence-corrected chi connectivity index (χ0v) is 11.9. The first-order chi connectivity index (χ1) is 8.16. The number of benzene rings is 1. The Kier molecular flexibility index (Phi) is 4.83. The van der Waals surface area contributed by atoms with Crippen molar-refractivity contribution >= 4 is 27.5 Å². The van der Waals surface area contributed by atoms with Crippen molar-refractivity contribution in [1.82, 2.24) is 5.32 Å². The normalized spacial score (nSPS) is 24.2. The van der Waals surface area contributed by atoms with E-state index in [4.69, 9.17) is 11.6 Å². The van der Waals surface area contributed by atoms with E-state index < -0.39 is 0 Å². The van der Waals surface area contributed by atoms with E-state index in [9.17, 15) is 4.39 Å². The molecule has 17 heavy (non-hydrogen) atoms. The highest BCUT2D eigenvalue weighted by atomic mass is 79.9. The van der Waals surface area contributed by atoms with Crippen molar-refractivity contribution in [3.05, 3.63) is 34.1 Å². The minimum absolute atomic E-state index is 0.211. The van der Waals surface area contributed by atoms with Crippen LogP contribution in [-0.4, -0.2) is 11.9 Å². The molecule has 1 saturated carbocycles. The Morgan fingerprint density at radius 3 is 2.88 bits per heavy atom.